The van der Waals surface area contributed by atoms with Gasteiger partial charge < -0.3 is 4.74 Å². The minimum atomic E-state index is -0.659. The summed E-state index contributed by atoms with van der Waals surface area (Å²) in [4.78, 5) is 21.8. The van der Waals surface area contributed by atoms with Crippen LogP contribution in [0.3, 0.4) is 0 Å². The fraction of sp³-hybridized carbons (Fsp3) is 0.800. The Kier molecular flexibility index (Phi) is 6.87. The SMILES string of the molecule is CC(C)CC(OC(=O)NC(=O)I)C(C)C. The van der Waals surface area contributed by atoms with Crippen molar-refractivity contribution in [3.63, 3.8) is 0 Å². The maximum absolute atomic E-state index is 11.2. The molecule has 88 valence electrons. The standard InChI is InChI=1S/C10H18INO3/c1-6(2)5-8(7(3)4)15-10(14)12-9(11)13/h6-8H,5H2,1-4H3,(H,12,13,14). The summed E-state index contributed by atoms with van der Waals surface area (Å²) in [6.45, 7) is 8.12. The quantitative estimate of drug-likeness (QED) is 0.489. The Hall–Kier alpha value is -0.330. The number of hydrogen-bond acceptors (Lipinski definition) is 3. The van der Waals surface area contributed by atoms with E-state index in [1.165, 1.54) is 22.6 Å². The third-order valence-electron chi connectivity index (χ3n) is 1.91. The highest BCUT2D eigenvalue weighted by atomic mass is 127. The zero-order chi connectivity index (χ0) is 12.0. The fourth-order valence-corrected chi connectivity index (χ4v) is 1.39. The zero-order valence-electron chi connectivity index (χ0n) is 9.54. The lowest BCUT2D eigenvalue weighted by molar-refractivity contribution is 0.0606. The number of hydrogen-bond donors (Lipinski definition) is 1. The van der Waals surface area contributed by atoms with Crippen molar-refractivity contribution in [1.29, 1.82) is 0 Å². The van der Waals surface area contributed by atoms with Gasteiger partial charge in [-0.1, -0.05) is 27.7 Å². The molecule has 0 spiro atoms. The Balaban J connectivity index is 4.16. The molecule has 0 aliphatic carbocycles. The Morgan fingerprint density at radius 3 is 2.13 bits per heavy atom. The molecule has 0 heterocycles. The lowest BCUT2D eigenvalue weighted by Gasteiger charge is -2.22. The Labute approximate surface area is 104 Å². The largest absolute Gasteiger partial charge is 0.446 e. The number of ether oxygens (including phenoxy) is 1. The van der Waals surface area contributed by atoms with Gasteiger partial charge in [0, 0.05) is 22.6 Å². The molecule has 0 aromatic carbocycles. The van der Waals surface area contributed by atoms with Gasteiger partial charge in [0.1, 0.15) is 6.10 Å². The second-order valence-corrected chi connectivity index (χ2v) is 5.20. The molecule has 1 N–H and O–H groups in total. The molecule has 0 aromatic heterocycles. The molecular weight excluding hydrogens is 309 g/mol. The van der Waals surface area contributed by atoms with E-state index in [2.05, 4.69) is 19.2 Å². The minimum absolute atomic E-state index is 0.138. The first-order valence-electron chi connectivity index (χ1n) is 5.00. The normalized spacial score (nSPS) is 12.7. The van der Waals surface area contributed by atoms with E-state index in [0.29, 0.717) is 5.92 Å². The van der Waals surface area contributed by atoms with Crippen LogP contribution in [0.2, 0.25) is 0 Å². The summed E-state index contributed by atoms with van der Waals surface area (Å²) in [5.41, 5.74) is 0. The van der Waals surface area contributed by atoms with Crippen LogP contribution in [0.15, 0.2) is 0 Å². The van der Waals surface area contributed by atoms with E-state index >= 15 is 0 Å². The first kappa shape index (κ1) is 14.7. The molecule has 0 radical (unpaired) electrons. The van der Waals surface area contributed by atoms with Gasteiger partial charge in [-0.2, -0.15) is 0 Å². The molecule has 1 atom stereocenters. The van der Waals surface area contributed by atoms with Crippen LogP contribution in [-0.4, -0.2) is 16.1 Å². The summed E-state index contributed by atoms with van der Waals surface area (Å²) in [6.07, 6.45) is 0.00932. The summed E-state index contributed by atoms with van der Waals surface area (Å²) in [6, 6.07) is 0. The van der Waals surface area contributed by atoms with Gasteiger partial charge in [0.15, 0.2) is 0 Å². The average molecular weight is 327 g/mol. The van der Waals surface area contributed by atoms with Crippen molar-refractivity contribution < 1.29 is 14.3 Å². The van der Waals surface area contributed by atoms with Crippen LogP contribution < -0.4 is 5.32 Å². The van der Waals surface area contributed by atoms with E-state index in [1.807, 2.05) is 13.8 Å². The van der Waals surface area contributed by atoms with Crippen LogP contribution in [0.4, 0.5) is 9.59 Å². The highest BCUT2D eigenvalue weighted by Gasteiger charge is 2.20. The molecule has 2 amide bonds. The third-order valence-corrected chi connectivity index (χ3v) is 2.18. The van der Waals surface area contributed by atoms with Gasteiger partial charge in [-0.15, -0.1) is 0 Å². The van der Waals surface area contributed by atoms with E-state index in [4.69, 9.17) is 4.74 Å². The Bertz CT molecular complexity index is 229. The van der Waals surface area contributed by atoms with Gasteiger partial charge in [-0.25, -0.2) is 4.79 Å². The molecule has 0 aliphatic heterocycles. The Morgan fingerprint density at radius 2 is 1.80 bits per heavy atom. The van der Waals surface area contributed by atoms with Crippen LogP contribution >= 0.6 is 22.6 Å². The van der Waals surface area contributed by atoms with Crippen LogP contribution in [0.5, 0.6) is 0 Å². The summed E-state index contributed by atoms with van der Waals surface area (Å²) in [5, 5.41) is 2.09. The van der Waals surface area contributed by atoms with Crippen LogP contribution in [-0.2, 0) is 4.74 Å². The zero-order valence-corrected chi connectivity index (χ0v) is 11.7. The van der Waals surface area contributed by atoms with Gasteiger partial charge in [-0.05, 0) is 18.3 Å². The first-order chi connectivity index (χ1) is 6.82. The molecule has 0 bridgehead atoms. The van der Waals surface area contributed by atoms with E-state index in [1.54, 1.807) is 0 Å². The minimum Gasteiger partial charge on any atom is -0.446 e. The topological polar surface area (TPSA) is 55.4 Å². The van der Waals surface area contributed by atoms with Gasteiger partial charge in [0.05, 0.1) is 0 Å². The second-order valence-electron chi connectivity index (χ2n) is 4.22. The summed E-state index contributed by atoms with van der Waals surface area (Å²) in [7, 11) is 0. The number of carbonyl (C=O) groups is 2. The molecule has 0 fully saturated rings. The third kappa shape index (κ3) is 7.58. The average Bonchev–Trinajstić information content (AvgIpc) is 1.99. The lowest BCUT2D eigenvalue weighted by Crippen LogP contribution is -2.33. The molecular formula is C10H18INO3. The van der Waals surface area contributed by atoms with Crippen molar-refractivity contribution in [3.8, 4) is 0 Å². The van der Waals surface area contributed by atoms with Crippen molar-refractivity contribution >= 4 is 32.6 Å². The predicted molar refractivity (Wildman–Crippen MR) is 67.1 cm³/mol. The number of amides is 2. The molecule has 5 heteroatoms. The van der Waals surface area contributed by atoms with Gasteiger partial charge in [-0.3, -0.25) is 10.1 Å². The monoisotopic (exact) mass is 327 g/mol. The highest BCUT2D eigenvalue weighted by molar-refractivity contribution is 14.1. The van der Waals surface area contributed by atoms with Gasteiger partial charge in [0.25, 0.3) is 3.91 Å². The van der Waals surface area contributed by atoms with E-state index in [0.717, 1.165) is 6.42 Å². The molecule has 1 unspecified atom stereocenters. The maximum Gasteiger partial charge on any atom is 0.414 e. The van der Waals surface area contributed by atoms with Crippen molar-refractivity contribution in [1.82, 2.24) is 5.32 Å². The molecule has 0 rings (SSSR count). The number of nitrogens with one attached hydrogen (secondary N) is 1. The van der Waals surface area contributed by atoms with Gasteiger partial charge in [0.2, 0.25) is 0 Å². The number of imide groups is 1. The molecule has 15 heavy (non-hydrogen) atoms. The predicted octanol–water partition coefficient (Wildman–Crippen LogP) is 3.34. The van der Waals surface area contributed by atoms with Crippen LogP contribution in [0, 0.1) is 11.8 Å². The van der Waals surface area contributed by atoms with Crippen molar-refractivity contribution in [2.24, 2.45) is 11.8 Å². The molecule has 0 saturated heterocycles. The lowest BCUT2D eigenvalue weighted by atomic mass is 9.97. The molecule has 4 nitrogen and oxygen atoms in total. The van der Waals surface area contributed by atoms with Crippen LogP contribution in [0.1, 0.15) is 34.1 Å². The van der Waals surface area contributed by atoms with E-state index in [-0.39, 0.29) is 12.0 Å². The van der Waals surface area contributed by atoms with Crippen molar-refractivity contribution in [2.45, 2.75) is 40.2 Å². The number of carbonyl (C=O) groups excluding carboxylic acids is 2. The fourth-order valence-electron chi connectivity index (χ4n) is 1.17. The molecule has 0 aromatic rings. The second kappa shape index (κ2) is 7.03. The molecule has 0 saturated carbocycles. The van der Waals surface area contributed by atoms with E-state index in [9.17, 15) is 9.59 Å². The number of alkyl carbamates (subject to hydrolysis) is 1. The van der Waals surface area contributed by atoms with Crippen LogP contribution in [0.25, 0.3) is 0 Å². The summed E-state index contributed by atoms with van der Waals surface area (Å²) < 4.78 is 4.73. The van der Waals surface area contributed by atoms with Gasteiger partial charge >= 0.3 is 6.09 Å². The summed E-state index contributed by atoms with van der Waals surface area (Å²) in [5.74, 6) is 0.711. The van der Waals surface area contributed by atoms with E-state index < -0.39 is 10.0 Å². The number of rotatable bonds is 4. The summed E-state index contributed by atoms with van der Waals surface area (Å²) >= 11 is 1.50. The number of halogens is 1. The molecule has 0 aliphatic rings. The highest BCUT2D eigenvalue weighted by Crippen LogP contribution is 2.16. The maximum atomic E-state index is 11.2. The first-order valence-corrected chi connectivity index (χ1v) is 6.08. The Morgan fingerprint density at radius 1 is 1.27 bits per heavy atom. The van der Waals surface area contributed by atoms with Crippen molar-refractivity contribution in [2.75, 3.05) is 0 Å². The smallest absolute Gasteiger partial charge is 0.414 e. The van der Waals surface area contributed by atoms with Crippen molar-refractivity contribution in [3.05, 3.63) is 0 Å².